The predicted octanol–water partition coefficient (Wildman–Crippen LogP) is 4.01. The fraction of sp³-hybridized carbons (Fsp3) is 0.412. The van der Waals surface area contributed by atoms with Crippen molar-refractivity contribution in [3.05, 3.63) is 42.5 Å². The maximum atomic E-state index is 12.0. The molecule has 1 aromatic carbocycles. The lowest BCUT2D eigenvalue weighted by Gasteiger charge is -2.26. The van der Waals surface area contributed by atoms with Crippen LogP contribution in [-0.2, 0) is 9.53 Å². The Morgan fingerprint density at radius 3 is 2.14 bits per heavy atom. The van der Waals surface area contributed by atoms with Gasteiger partial charge >= 0.3 is 6.16 Å². The predicted molar refractivity (Wildman–Crippen MR) is 81.2 cm³/mol. The molecular weight excluding hydrogens is 268 g/mol. The molecule has 0 aliphatic carbocycles. The standard InChI is InChI=1S/C17H22O4/c1-11(2)15(18)13(5)16(12(3)4)21-17(19)20-14-9-7-6-8-10-14/h6-10,12-13,16H,1H2,2-5H3/t13-,16-/m0/s1. The van der Waals surface area contributed by atoms with Gasteiger partial charge < -0.3 is 9.47 Å². The first kappa shape index (κ1) is 17.0. The number of rotatable bonds is 6. The normalized spacial score (nSPS) is 13.4. The van der Waals surface area contributed by atoms with Gasteiger partial charge in [0.25, 0.3) is 0 Å². The minimum Gasteiger partial charge on any atom is -0.430 e. The fourth-order valence-corrected chi connectivity index (χ4v) is 2.07. The van der Waals surface area contributed by atoms with Gasteiger partial charge in [-0.25, -0.2) is 4.79 Å². The molecule has 114 valence electrons. The van der Waals surface area contributed by atoms with Crippen LogP contribution in [0.15, 0.2) is 42.5 Å². The second-order valence-corrected chi connectivity index (χ2v) is 5.42. The van der Waals surface area contributed by atoms with Crippen LogP contribution in [0, 0.1) is 11.8 Å². The number of hydrogen-bond donors (Lipinski definition) is 0. The van der Waals surface area contributed by atoms with Crippen LogP contribution in [0.2, 0.25) is 0 Å². The van der Waals surface area contributed by atoms with Crippen LogP contribution < -0.4 is 4.74 Å². The van der Waals surface area contributed by atoms with Gasteiger partial charge in [0.1, 0.15) is 11.9 Å². The molecule has 0 spiro atoms. The lowest BCUT2D eigenvalue weighted by Crippen LogP contribution is -2.35. The summed E-state index contributed by atoms with van der Waals surface area (Å²) < 4.78 is 10.4. The molecule has 0 N–H and O–H groups in total. The van der Waals surface area contributed by atoms with Crippen molar-refractivity contribution < 1.29 is 19.1 Å². The summed E-state index contributed by atoms with van der Waals surface area (Å²) in [4.78, 5) is 23.8. The van der Waals surface area contributed by atoms with Crippen LogP contribution >= 0.6 is 0 Å². The van der Waals surface area contributed by atoms with E-state index in [4.69, 9.17) is 9.47 Å². The molecule has 4 heteroatoms. The zero-order valence-corrected chi connectivity index (χ0v) is 13.0. The molecule has 0 radical (unpaired) electrons. The van der Waals surface area contributed by atoms with Gasteiger partial charge in [-0.1, -0.05) is 45.5 Å². The van der Waals surface area contributed by atoms with Crippen LogP contribution in [0.5, 0.6) is 5.75 Å². The van der Waals surface area contributed by atoms with E-state index < -0.39 is 18.2 Å². The maximum absolute atomic E-state index is 12.0. The lowest BCUT2D eigenvalue weighted by atomic mass is 9.89. The van der Waals surface area contributed by atoms with Crippen molar-refractivity contribution in [2.24, 2.45) is 11.8 Å². The molecule has 4 nitrogen and oxygen atoms in total. The number of benzene rings is 1. The van der Waals surface area contributed by atoms with Gasteiger partial charge in [-0.15, -0.1) is 0 Å². The van der Waals surface area contributed by atoms with Crippen LogP contribution in [0.25, 0.3) is 0 Å². The van der Waals surface area contributed by atoms with Gasteiger partial charge in [0.15, 0.2) is 5.78 Å². The summed E-state index contributed by atoms with van der Waals surface area (Å²) in [6.07, 6.45) is -1.35. The van der Waals surface area contributed by atoms with E-state index in [0.29, 0.717) is 11.3 Å². The molecule has 0 saturated carbocycles. The second-order valence-electron chi connectivity index (χ2n) is 5.42. The minimum absolute atomic E-state index is 0.00776. The van der Waals surface area contributed by atoms with Gasteiger partial charge in [-0.05, 0) is 30.5 Å². The molecule has 0 aromatic heterocycles. The molecule has 1 aromatic rings. The molecule has 0 bridgehead atoms. The van der Waals surface area contributed by atoms with Crippen molar-refractivity contribution in [2.45, 2.75) is 33.8 Å². The largest absolute Gasteiger partial charge is 0.514 e. The SMILES string of the molecule is C=C(C)C(=O)[C@H](C)[C@@H](OC(=O)Oc1ccccc1)C(C)C. The highest BCUT2D eigenvalue weighted by Crippen LogP contribution is 2.21. The number of hydrogen-bond acceptors (Lipinski definition) is 4. The first-order valence-electron chi connectivity index (χ1n) is 6.96. The Hall–Kier alpha value is -2.10. The quantitative estimate of drug-likeness (QED) is 0.451. The van der Waals surface area contributed by atoms with Crippen molar-refractivity contribution in [1.82, 2.24) is 0 Å². The van der Waals surface area contributed by atoms with Crippen LogP contribution in [0.3, 0.4) is 0 Å². The Balaban J connectivity index is 2.72. The average molecular weight is 290 g/mol. The first-order chi connectivity index (χ1) is 9.82. The summed E-state index contributed by atoms with van der Waals surface area (Å²) in [5.41, 5.74) is 0.452. The summed E-state index contributed by atoms with van der Waals surface area (Å²) in [6, 6.07) is 8.66. The van der Waals surface area contributed by atoms with E-state index in [1.807, 2.05) is 19.9 Å². The monoisotopic (exact) mass is 290 g/mol. The summed E-state index contributed by atoms with van der Waals surface area (Å²) in [6.45, 7) is 10.8. The summed E-state index contributed by atoms with van der Waals surface area (Å²) in [5.74, 6) is -0.164. The molecule has 0 aliphatic heterocycles. The smallest absolute Gasteiger partial charge is 0.430 e. The fourth-order valence-electron chi connectivity index (χ4n) is 2.07. The molecule has 0 unspecified atom stereocenters. The Bertz CT molecular complexity index is 505. The van der Waals surface area contributed by atoms with Gasteiger partial charge in [-0.2, -0.15) is 0 Å². The topological polar surface area (TPSA) is 52.6 Å². The van der Waals surface area contributed by atoms with Gasteiger partial charge in [0.2, 0.25) is 0 Å². The first-order valence-corrected chi connectivity index (χ1v) is 6.96. The molecule has 1 rings (SSSR count). The second kappa shape index (κ2) is 7.62. The number of carbonyl (C=O) groups is 2. The van der Waals surface area contributed by atoms with Crippen molar-refractivity contribution in [1.29, 1.82) is 0 Å². The van der Waals surface area contributed by atoms with Gasteiger partial charge in [-0.3, -0.25) is 4.79 Å². The maximum Gasteiger partial charge on any atom is 0.514 e. The zero-order chi connectivity index (χ0) is 16.0. The van der Waals surface area contributed by atoms with E-state index in [2.05, 4.69) is 6.58 Å². The molecular formula is C17H22O4. The molecule has 0 amide bonds. The van der Waals surface area contributed by atoms with E-state index in [0.717, 1.165) is 0 Å². The number of ketones is 1. The van der Waals surface area contributed by atoms with Gasteiger partial charge in [0.05, 0.1) is 5.92 Å². The van der Waals surface area contributed by atoms with Crippen LogP contribution in [-0.4, -0.2) is 18.0 Å². The highest BCUT2D eigenvalue weighted by Gasteiger charge is 2.30. The van der Waals surface area contributed by atoms with Crippen molar-refractivity contribution in [3.63, 3.8) is 0 Å². The molecule has 0 fully saturated rings. The zero-order valence-electron chi connectivity index (χ0n) is 13.0. The summed E-state index contributed by atoms with van der Waals surface area (Å²) >= 11 is 0. The van der Waals surface area contributed by atoms with E-state index in [9.17, 15) is 9.59 Å². The molecule has 0 aliphatic rings. The summed E-state index contributed by atoms with van der Waals surface area (Å²) in [7, 11) is 0. The number of Topliss-reactive ketones (excluding diaryl/α,β-unsaturated/α-hetero) is 1. The lowest BCUT2D eigenvalue weighted by molar-refractivity contribution is -0.123. The third-order valence-corrected chi connectivity index (χ3v) is 3.16. The Morgan fingerprint density at radius 2 is 1.67 bits per heavy atom. The third-order valence-electron chi connectivity index (χ3n) is 3.16. The third kappa shape index (κ3) is 5.06. The highest BCUT2D eigenvalue weighted by molar-refractivity contribution is 5.96. The van der Waals surface area contributed by atoms with E-state index in [1.54, 1.807) is 38.1 Å². The molecule has 21 heavy (non-hydrogen) atoms. The summed E-state index contributed by atoms with van der Waals surface area (Å²) in [5, 5.41) is 0. The Kier molecular flexibility index (Phi) is 6.15. The van der Waals surface area contributed by atoms with Gasteiger partial charge in [0, 0.05) is 0 Å². The Labute approximate surface area is 125 Å². The van der Waals surface area contributed by atoms with E-state index in [-0.39, 0.29) is 11.7 Å². The number of ether oxygens (including phenoxy) is 2. The van der Waals surface area contributed by atoms with Crippen LogP contribution in [0.4, 0.5) is 4.79 Å². The van der Waals surface area contributed by atoms with Crippen molar-refractivity contribution >= 4 is 11.9 Å². The number of para-hydroxylation sites is 1. The number of carbonyl (C=O) groups excluding carboxylic acids is 2. The molecule has 0 heterocycles. The van der Waals surface area contributed by atoms with Crippen molar-refractivity contribution in [2.75, 3.05) is 0 Å². The highest BCUT2D eigenvalue weighted by atomic mass is 16.7. The number of allylic oxidation sites excluding steroid dienone is 1. The molecule has 0 saturated heterocycles. The Morgan fingerprint density at radius 1 is 1.10 bits per heavy atom. The van der Waals surface area contributed by atoms with Crippen LogP contribution in [0.1, 0.15) is 27.7 Å². The minimum atomic E-state index is -0.804. The molecule has 2 atom stereocenters. The van der Waals surface area contributed by atoms with E-state index >= 15 is 0 Å². The van der Waals surface area contributed by atoms with E-state index in [1.165, 1.54) is 0 Å². The van der Waals surface area contributed by atoms with Crippen molar-refractivity contribution in [3.8, 4) is 5.75 Å². The average Bonchev–Trinajstić information content (AvgIpc) is 2.43.